The van der Waals surface area contributed by atoms with E-state index in [2.05, 4.69) is 11.4 Å². The lowest BCUT2D eigenvalue weighted by Gasteiger charge is -2.09. The summed E-state index contributed by atoms with van der Waals surface area (Å²) in [4.78, 5) is 13.3. The van der Waals surface area contributed by atoms with Gasteiger partial charge >= 0.3 is 0 Å². The zero-order valence-electron chi connectivity index (χ0n) is 11.5. The lowest BCUT2D eigenvalue weighted by Crippen LogP contribution is -2.25. The Morgan fingerprint density at radius 1 is 1.20 bits per heavy atom. The van der Waals surface area contributed by atoms with Crippen molar-refractivity contribution < 1.29 is 14.3 Å². The van der Waals surface area contributed by atoms with Gasteiger partial charge in [0.15, 0.2) is 0 Å². The van der Waals surface area contributed by atoms with Gasteiger partial charge in [0.1, 0.15) is 11.5 Å². The van der Waals surface area contributed by atoms with Crippen molar-refractivity contribution in [3.8, 4) is 11.5 Å². The Balaban J connectivity index is 1.97. The molecule has 1 aromatic carbocycles. The molecule has 0 aliphatic carbocycles. The van der Waals surface area contributed by atoms with E-state index in [1.807, 2.05) is 11.4 Å². The maximum atomic E-state index is 12.1. The van der Waals surface area contributed by atoms with Gasteiger partial charge in [-0.1, -0.05) is 6.07 Å². The molecule has 2 aromatic rings. The molecule has 0 unspecified atom stereocenters. The number of benzene rings is 1. The zero-order chi connectivity index (χ0) is 14.4. The highest BCUT2D eigenvalue weighted by atomic mass is 32.1. The van der Waals surface area contributed by atoms with Crippen LogP contribution in [0.2, 0.25) is 0 Å². The van der Waals surface area contributed by atoms with Crippen LogP contribution in [0.3, 0.4) is 0 Å². The van der Waals surface area contributed by atoms with E-state index in [1.54, 1.807) is 43.8 Å². The molecular weight excluding hydrogens is 274 g/mol. The molecule has 0 saturated carbocycles. The third-order valence-corrected chi connectivity index (χ3v) is 3.79. The molecule has 4 nitrogen and oxygen atoms in total. The van der Waals surface area contributed by atoms with Crippen molar-refractivity contribution in [2.45, 2.75) is 6.42 Å². The van der Waals surface area contributed by atoms with E-state index in [9.17, 15) is 4.79 Å². The first kappa shape index (κ1) is 14.4. The summed E-state index contributed by atoms with van der Waals surface area (Å²) in [6, 6.07) is 9.20. The summed E-state index contributed by atoms with van der Waals surface area (Å²) < 4.78 is 10.3. The van der Waals surface area contributed by atoms with E-state index < -0.39 is 0 Å². The summed E-state index contributed by atoms with van der Waals surface area (Å²) in [7, 11) is 3.13. The molecule has 0 bridgehead atoms. The van der Waals surface area contributed by atoms with Gasteiger partial charge in [0, 0.05) is 23.1 Å². The predicted octanol–water partition coefficient (Wildman–Crippen LogP) is 2.74. The van der Waals surface area contributed by atoms with Crippen molar-refractivity contribution in [3.05, 3.63) is 46.2 Å². The fourth-order valence-electron chi connectivity index (χ4n) is 1.79. The second-order valence-electron chi connectivity index (χ2n) is 4.19. The number of amides is 1. The van der Waals surface area contributed by atoms with E-state index in [1.165, 1.54) is 4.88 Å². The van der Waals surface area contributed by atoms with Gasteiger partial charge in [-0.2, -0.15) is 0 Å². The highest BCUT2D eigenvalue weighted by Crippen LogP contribution is 2.22. The molecule has 0 atom stereocenters. The Morgan fingerprint density at radius 3 is 2.45 bits per heavy atom. The van der Waals surface area contributed by atoms with Crippen LogP contribution in [-0.4, -0.2) is 26.7 Å². The van der Waals surface area contributed by atoms with E-state index in [4.69, 9.17) is 9.47 Å². The van der Waals surface area contributed by atoms with Crippen molar-refractivity contribution in [3.63, 3.8) is 0 Å². The van der Waals surface area contributed by atoms with Gasteiger partial charge < -0.3 is 14.8 Å². The minimum atomic E-state index is -0.126. The van der Waals surface area contributed by atoms with Crippen LogP contribution in [0, 0.1) is 0 Å². The van der Waals surface area contributed by atoms with Crippen molar-refractivity contribution >= 4 is 17.2 Å². The van der Waals surface area contributed by atoms with E-state index in [0.717, 1.165) is 6.42 Å². The molecular formula is C15H17NO3S. The van der Waals surface area contributed by atoms with Crippen LogP contribution in [0.25, 0.3) is 0 Å². The second kappa shape index (κ2) is 6.96. The largest absolute Gasteiger partial charge is 0.497 e. The standard InChI is InChI=1S/C15H17NO3S/c1-18-12-8-11(9-13(10-12)19-2)15(17)16-6-5-14-4-3-7-20-14/h3-4,7-10H,5-6H2,1-2H3,(H,16,17). The number of nitrogens with one attached hydrogen (secondary N) is 1. The van der Waals surface area contributed by atoms with E-state index in [-0.39, 0.29) is 5.91 Å². The van der Waals surface area contributed by atoms with Crippen LogP contribution < -0.4 is 14.8 Å². The van der Waals surface area contributed by atoms with Crippen LogP contribution in [0.5, 0.6) is 11.5 Å². The van der Waals surface area contributed by atoms with Crippen molar-refractivity contribution in [1.82, 2.24) is 5.32 Å². The van der Waals surface area contributed by atoms with Crippen LogP contribution >= 0.6 is 11.3 Å². The van der Waals surface area contributed by atoms with Gasteiger partial charge in [-0.3, -0.25) is 4.79 Å². The Kier molecular flexibility index (Phi) is 5.01. The molecule has 0 aliphatic heterocycles. The third kappa shape index (κ3) is 3.74. The first-order chi connectivity index (χ1) is 9.72. The maximum absolute atomic E-state index is 12.1. The molecule has 0 aliphatic rings. The normalized spacial score (nSPS) is 10.1. The molecule has 0 radical (unpaired) electrons. The highest BCUT2D eigenvalue weighted by molar-refractivity contribution is 7.09. The van der Waals surface area contributed by atoms with Gasteiger partial charge in [0.2, 0.25) is 0 Å². The lowest BCUT2D eigenvalue weighted by atomic mass is 10.2. The van der Waals surface area contributed by atoms with Gasteiger partial charge in [-0.05, 0) is 30.0 Å². The van der Waals surface area contributed by atoms with Crippen molar-refractivity contribution in [1.29, 1.82) is 0 Å². The zero-order valence-corrected chi connectivity index (χ0v) is 12.3. The smallest absolute Gasteiger partial charge is 0.251 e. The Hall–Kier alpha value is -2.01. The first-order valence-electron chi connectivity index (χ1n) is 6.26. The lowest BCUT2D eigenvalue weighted by molar-refractivity contribution is 0.0953. The molecule has 106 valence electrons. The summed E-state index contributed by atoms with van der Waals surface area (Å²) in [6.07, 6.45) is 0.838. The Morgan fingerprint density at radius 2 is 1.90 bits per heavy atom. The van der Waals surface area contributed by atoms with Gasteiger partial charge in [0.25, 0.3) is 5.91 Å². The monoisotopic (exact) mass is 291 g/mol. The van der Waals surface area contributed by atoms with Crippen LogP contribution in [0.15, 0.2) is 35.7 Å². The quantitative estimate of drug-likeness (QED) is 0.890. The van der Waals surface area contributed by atoms with Crippen molar-refractivity contribution in [2.24, 2.45) is 0 Å². The summed E-state index contributed by atoms with van der Waals surface area (Å²) in [6.45, 7) is 0.610. The highest BCUT2D eigenvalue weighted by Gasteiger charge is 2.09. The number of methoxy groups -OCH3 is 2. The van der Waals surface area contributed by atoms with Crippen molar-refractivity contribution in [2.75, 3.05) is 20.8 Å². The molecule has 0 saturated heterocycles. The van der Waals surface area contributed by atoms with Gasteiger partial charge in [-0.25, -0.2) is 0 Å². The number of hydrogen-bond acceptors (Lipinski definition) is 4. The number of thiophene rings is 1. The minimum Gasteiger partial charge on any atom is -0.497 e. The molecule has 1 N–H and O–H groups in total. The second-order valence-corrected chi connectivity index (χ2v) is 5.22. The predicted molar refractivity (Wildman–Crippen MR) is 79.9 cm³/mol. The summed E-state index contributed by atoms with van der Waals surface area (Å²) in [5.41, 5.74) is 0.535. The van der Waals surface area contributed by atoms with Crippen LogP contribution in [0.1, 0.15) is 15.2 Å². The fraction of sp³-hybridized carbons (Fsp3) is 0.267. The Bertz CT molecular complexity index is 544. The van der Waals surface area contributed by atoms with Crippen LogP contribution in [-0.2, 0) is 6.42 Å². The van der Waals surface area contributed by atoms with E-state index in [0.29, 0.717) is 23.6 Å². The van der Waals surface area contributed by atoms with E-state index >= 15 is 0 Å². The molecule has 1 aromatic heterocycles. The summed E-state index contributed by atoms with van der Waals surface area (Å²) in [5.74, 6) is 1.08. The first-order valence-corrected chi connectivity index (χ1v) is 7.14. The van der Waals surface area contributed by atoms with Gasteiger partial charge in [-0.15, -0.1) is 11.3 Å². The number of ether oxygens (including phenoxy) is 2. The van der Waals surface area contributed by atoms with Gasteiger partial charge in [0.05, 0.1) is 14.2 Å². The summed E-state index contributed by atoms with van der Waals surface area (Å²) in [5, 5.41) is 4.93. The molecule has 20 heavy (non-hydrogen) atoms. The SMILES string of the molecule is COc1cc(OC)cc(C(=O)NCCc2cccs2)c1. The maximum Gasteiger partial charge on any atom is 0.251 e. The molecule has 5 heteroatoms. The molecule has 2 rings (SSSR count). The average Bonchev–Trinajstić information content (AvgIpc) is 2.99. The number of hydrogen-bond donors (Lipinski definition) is 1. The summed E-state index contributed by atoms with van der Waals surface area (Å²) >= 11 is 1.69. The average molecular weight is 291 g/mol. The molecule has 1 amide bonds. The molecule has 1 heterocycles. The topological polar surface area (TPSA) is 47.6 Å². The fourth-order valence-corrected chi connectivity index (χ4v) is 2.50. The number of carbonyl (C=O) groups excluding carboxylic acids is 1. The third-order valence-electron chi connectivity index (χ3n) is 2.85. The molecule has 0 fully saturated rings. The number of rotatable bonds is 6. The number of carbonyl (C=O) groups is 1. The minimum absolute atomic E-state index is 0.126. The van der Waals surface area contributed by atoms with Crippen LogP contribution in [0.4, 0.5) is 0 Å². The molecule has 0 spiro atoms. The Labute approximate surface area is 122 Å².